The largest absolute Gasteiger partial charge is 0.473 e. The van der Waals surface area contributed by atoms with E-state index >= 15 is 0 Å². The first kappa shape index (κ1) is 26.2. The fourth-order valence-electron chi connectivity index (χ4n) is 4.61. The number of ether oxygens (including phenoxy) is 2. The topological polar surface area (TPSA) is 97.1 Å². The second kappa shape index (κ2) is 9.38. The van der Waals surface area contributed by atoms with Gasteiger partial charge >= 0.3 is 18.8 Å². The van der Waals surface area contributed by atoms with Crippen molar-refractivity contribution in [2.45, 2.75) is 37.7 Å². The van der Waals surface area contributed by atoms with E-state index < -0.39 is 30.8 Å². The molecule has 2 aliphatic rings. The predicted octanol–water partition coefficient (Wildman–Crippen LogP) is 4.33. The van der Waals surface area contributed by atoms with Gasteiger partial charge in [0.25, 0.3) is 0 Å². The summed E-state index contributed by atoms with van der Waals surface area (Å²) >= 11 is 5.90. The summed E-state index contributed by atoms with van der Waals surface area (Å²) in [6.45, 7) is -1.70. The van der Waals surface area contributed by atoms with E-state index in [-0.39, 0.29) is 45.7 Å². The maximum atomic E-state index is 14.3. The van der Waals surface area contributed by atoms with Crippen molar-refractivity contribution in [1.82, 2.24) is 24.5 Å². The molecule has 204 valence electrons. The highest BCUT2D eigenvalue weighted by molar-refractivity contribution is 6.29. The van der Waals surface area contributed by atoms with Crippen molar-refractivity contribution in [3.05, 3.63) is 35.2 Å². The number of fused-ring (bicyclic) bond motifs is 3. The summed E-state index contributed by atoms with van der Waals surface area (Å²) in [5.74, 6) is -0.689. The number of carbonyl (C=O) groups excluding carboxylic acids is 1. The fourth-order valence-corrected chi connectivity index (χ4v) is 4.78. The third-order valence-electron chi connectivity index (χ3n) is 6.46. The van der Waals surface area contributed by atoms with E-state index in [1.807, 2.05) is 11.9 Å². The zero-order valence-corrected chi connectivity index (χ0v) is 20.7. The van der Waals surface area contributed by atoms with Crippen molar-refractivity contribution in [2.75, 3.05) is 36.9 Å². The van der Waals surface area contributed by atoms with Crippen LogP contribution in [0, 0.1) is 0 Å². The van der Waals surface area contributed by atoms with Crippen molar-refractivity contribution in [3.63, 3.8) is 0 Å². The number of likely N-dealkylation sites (tertiary alicyclic amines) is 1. The first-order valence-electron chi connectivity index (χ1n) is 11.4. The third-order valence-corrected chi connectivity index (χ3v) is 6.65. The Bertz CT molecular complexity index is 1390. The number of halogens is 6. The summed E-state index contributed by atoms with van der Waals surface area (Å²) in [6, 6.07) is 2.45. The van der Waals surface area contributed by atoms with Crippen LogP contribution in [-0.4, -0.2) is 76.1 Å². The number of rotatable bonds is 5. The Morgan fingerprint density at radius 3 is 2.71 bits per heavy atom. The molecular formula is C22H21ClF5N7O3. The lowest BCUT2D eigenvalue weighted by Crippen LogP contribution is -2.46. The van der Waals surface area contributed by atoms with Crippen molar-refractivity contribution in [1.29, 1.82) is 0 Å². The van der Waals surface area contributed by atoms with E-state index in [0.717, 1.165) is 41.2 Å². The summed E-state index contributed by atoms with van der Waals surface area (Å²) in [5, 5.41) is 6.21. The maximum absolute atomic E-state index is 14.3. The second-order valence-electron chi connectivity index (χ2n) is 9.27. The second-order valence-corrected chi connectivity index (χ2v) is 9.66. The quantitative estimate of drug-likeness (QED) is 0.463. The number of pyridine rings is 1. The molecule has 16 heteroatoms. The molecule has 0 aromatic carbocycles. The van der Waals surface area contributed by atoms with Crippen LogP contribution in [0.3, 0.4) is 0 Å². The molecule has 0 saturated carbocycles. The van der Waals surface area contributed by atoms with Crippen LogP contribution in [0.2, 0.25) is 5.15 Å². The van der Waals surface area contributed by atoms with Gasteiger partial charge in [-0.25, -0.2) is 14.3 Å². The minimum atomic E-state index is -4.78. The Labute approximate surface area is 217 Å². The van der Waals surface area contributed by atoms with E-state index in [0.29, 0.717) is 13.0 Å². The molecule has 2 atom stereocenters. The van der Waals surface area contributed by atoms with Gasteiger partial charge in [0.05, 0.1) is 17.6 Å². The first-order valence-corrected chi connectivity index (χ1v) is 11.7. The van der Waals surface area contributed by atoms with Gasteiger partial charge in [-0.05, 0) is 20.4 Å². The van der Waals surface area contributed by atoms with Gasteiger partial charge in [-0.15, -0.1) is 0 Å². The van der Waals surface area contributed by atoms with E-state index in [1.54, 1.807) is 0 Å². The number of aromatic nitrogens is 4. The fraction of sp³-hybridized carbons (Fsp3) is 0.455. The summed E-state index contributed by atoms with van der Waals surface area (Å²) < 4.78 is 79.9. The number of hydrogen-bond donors (Lipinski definition) is 1. The molecule has 3 aromatic rings. The Morgan fingerprint density at radius 1 is 1.29 bits per heavy atom. The average Bonchev–Trinajstić information content (AvgIpc) is 3.47. The van der Waals surface area contributed by atoms with E-state index in [9.17, 15) is 26.7 Å². The minimum Gasteiger partial charge on any atom is -0.473 e. The van der Waals surface area contributed by atoms with Crippen molar-refractivity contribution in [3.8, 4) is 11.6 Å². The molecular weight excluding hydrogens is 541 g/mol. The molecule has 2 aliphatic heterocycles. The van der Waals surface area contributed by atoms with Gasteiger partial charge in [-0.1, -0.05) is 11.6 Å². The molecule has 1 unspecified atom stereocenters. The molecule has 0 bridgehead atoms. The Balaban J connectivity index is 1.47. The normalized spacial score (nSPS) is 21.8. The van der Waals surface area contributed by atoms with E-state index in [2.05, 4.69) is 25.1 Å². The number of alkyl halides is 5. The zero-order chi connectivity index (χ0) is 27.4. The first-order chi connectivity index (χ1) is 17.8. The number of nitrogens with one attached hydrogen (secondary N) is 1. The number of urea groups is 1. The zero-order valence-electron chi connectivity index (χ0n) is 20.0. The highest BCUT2D eigenvalue weighted by Crippen LogP contribution is 2.50. The van der Waals surface area contributed by atoms with Gasteiger partial charge in [0.15, 0.2) is 10.8 Å². The van der Waals surface area contributed by atoms with Crippen LogP contribution in [0.1, 0.15) is 19.0 Å². The SMILES string of the molecule is CN1CC[C@H](Oc2cc(OC(F)F)cc(NC(=O)N3CC(C)(C(F)(F)F)c4c3cnc3cc(Cl)nn43)n2)C1. The standard InChI is InChI=1S/C22H21ClF5N7O3/c1-21(22(26,27)28)10-34(13-8-29-16-7-14(23)32-35(16)18(13)21)20(36)31-15-5-12(38-19(24)25)6-17(30-15)37-11-3-4-33(2)9-11/h5-8,11,19H,3-4,9-10H2,1-2H3,(H,30,31,36)/t11-,21?/m0/s1. The van der Waals surface area contributed by atoms with Gasteiger partial charge in [0.2, 0.25) is 5.88 Å². The minimum absolute atomic E-state index is 0.0700. The van der Waals surface area contributed by atoms with E-state index in [1.165, 1.54) is 6.07 Å². The summed E-state index contributed by atoms with van der Waals surface area (Å²) in [7, 11) is 1.89. The van der Waals surface area contributed by atoms with E-state index in [4.69, 9.17) is 16.3 Å². The van der Waals surface area contributed by atoms with Gasteiger partial charge in [0, 0.05) is 37.8 Å². The Kier molecular flexibility index (Phi) is 6.46. The molecule has 1 fully saturated rings. The number of anilines is 2. The monoisotopic (exact) mass is 561 g/mol. The van der Waals surface area contributed by atoms with Crippen LogP contribution < -0.4 is 19.7 Å². The molecule has 0 aliphatic carbocycles. The highest BCUT2D eigenvalue weighted by Gasteiger charge is 2.60. The number of likely N-dealkylation sites (N-methyl/N-ethyl adjacent to an activating group) is 1. The van der Waals surface area contributed by atoms with Crippen LogP contribution in [0.15, 0.2) is 24.4 Å². The van der Waals surface area contributed by atoms with Gasteiger partial charge in [0.1, 0.15) is 23.1 Å². The average molecular weight is 562 g/mol. The molecule has 0 radical (unpaired) electrons. The van der Waals surface area contributed by atoms with Crippen LogP contribution in [0.4, 0.5) is 38.3 Å². The maximum Gasteiger partial charge on any atom is 0.401 e. The number of hydrogen-bond acceptors (Lipinski definition) is 7. The third kappa shape index (κ3) is 4.75. The molecule has 5 heterocycles. The smallest absolute Gasteiger partial charge is 0.401 e. The molecule has 1 saturated heterocycles. The Hall–Kier alpha value is -3.46. The van der Waals surface area contributed by atoms with Gasteiger partial charge in [-0.2, -0.15) is 32.0 Å². The van der Waals surface area contributed by atoms with Gasteiger partial charge < -0.3 is 14.4 Å². The molecule has 0 spiro atoms. The predicted molar refractivity (Wildman–Crippen MR) is 125 cm³/mol. The van der Waals surface area contributed by atoms with Crippen LogP contribution in [-0.2, 0) is 5.41 Å². The lowest BCUT2D eigenvalue weighted by atomic mass is 9.88. The highest BCUT2D eigenvalue weighted by atomic mass is 35.5. The summed E-state index contributed by atoms with van der Waals surface area (Å²) in [5.41, 5.74) is -2.92. The van der Waals surface area contributed by atoms with Crippen molar-refractivity contribution < 1.29 is 36.2 Å². The number of amides is 2. The van der Waals surface area contributed by atoms with Crippen LogP contribution >= 0.6 is 11.6 Å². The molecule has 10 nitrogen and oxygen atoms in total. The summed E-state index contributed by atoms with van der Waals surface area (Å²) in [6.07, 6.45) is -3.26. The van der Waals surface area contributed by atoms with Crippen LogP contribution in [0.25, 0.3) is 5.65 Å². The molecule has 38 heavy (non-hydrogen) atoms. The lowest BCUT2D eigenvalue weighted by Gasteiger charge is -2.28. The molecule has 2 amide bonds. The molecule has 3 aromatic heterocycles. The van der Waals surface area contributed by atoms with Crippen molar-refractivity contribution >= 4 is 34.8 Å². The Morgan fingerprint density at radius 2 is 2.05 bits per heavy atom. The summed E-state index contributed by atoms with van der Waals surface area (Å²) in [4.78, 5) is 24.3. The molecule has 1 N–H and O–H groups in total. The lowest BCUT2D eigenvalue weighted by molar-refractivity contribution is -0.181. The molecule has 5 rings (SSSR count). The number of nitrogens with zero attached hydrogens (tertiary/aromatic N) is 6. The van der Waals surface area contributed by atoms with Crippen molar-refractivity contribution in [2.24, 2.45) is 0 Å². The van der Waals surface area contributed by atoms with Crippen LogP contribution in [0.5, 0.6) is 11.6 Å². The number of carbonyl (C=O) groups is 1. The van der Waals surface area contributed by atoms with Gasteiger partial charge in [-0.3, -0.25) is 10.2 Å².